The van der Waals surface area contributed by atoms with Gasteiger partial charge in [0.15, 0.2) is 0 Å². The van der Waals surface area contributed by atoms with Crippen molar-refractivity contribution in [1.82, 2.24) is 14.4 Å². The van der Waals surface area contributed by atoms with Crippen molar-refractivity contribution in [2.45, 2.75) is 32.8 Å². The zero-order chi connectivity index (χ0) is 21.4. The number of benzene rings is 1. The van der Waals surface area contributed by atoms with E-state index in [4.69, 9.17) is 14.5 Å². The minimum Gasteiger partial charge on any atom is -0.494 e. The van der Waals surface area contributed by atoms with E-state index in [1.807, 2.05) is 56.3 Å². The summed E-state index contributed by atoms with van der Waals surface area (Å²) < 4.78 is 13.5. The molecule has 31 heavy (non-hydrogen) atoms. The zero-order valence-electron chi connectivity index (χ0n) is 17.8. The fourth-order valence-electron chi connectivity index (χ4n) is 4.24. The number of aromatic nitrogens is 3. The van der Waals surface area contributed by atoms with Gasteiger partial charge in [-0.05, 0) is 63.1 Å². The number of H-pyrrole nitrogens is 1. The molecular formula is C24H26N4O3. The lowest BCUT2D eigenvalue weighted by molar-refractivity contribution is 0.120. The van der Waals surface area contributed by atoms with Gasteiger partial charge in [-0.3, -0.25) is 9.20 Å². The van der Waals surface area contributed by atoms with Gasteiger partial charge in [0, 0.05) is 29.7 Å². The van der Waals surface area contributed by atoms with E-state index in [2.05, 4.69) is 14.7 Å². The van der Waals surface area contributed by atoms with E-state index in [1.165, 1.54) is 0 Å². The van der Waals surface area contributed by atoms with Crippen LogP contribution in [0.4, 0.5) is 5.82 Å². The maximum absolute atomic E-state index is 13.0. The highest BCUT2D eigenvalue weighted by molar-refractivity contribution is 5.87. The van der Waals surface area contributed by atoms with Gasteiger partial charge < -0.3 is 19.8 Å². The largest absolute Gasteiger partial charge is 0.494 e. The second-order valence-corrected chi connectivity index (χ2v) is 7.88. The molecule has 1 atom stereocenters. The maximum atomic E-state index is 13.0. The number of aryl methyl sites for hydroxylation is 1. The Morgan fingerprint density at radius 1 is 1.29 bits per heavy atom. The third-order valence-corrected chi connectivity index (χ3v) is 5.74. The Labute approximate surface area is 180 Å². The molecule has 3 aromatic heterocycles. The van der Waals surface area contributed by atoms with E-state index in [0.29, 0.717) is 24.4 Å². The van der Waals surface area contributed by atoms with Crippen molar-refractivity contribution in [3.05, 3.63) is 58.5 Å². The Morgan fingerprint density at radius 2 is 2.19 bits per heavy atom. The Bertz CT molecular complexity index is 1300. The minimum atomic E-state index is -0.169. The van der Waals surface area contributed by atoms with Gasteiger partial charge >= 0.3 is 0 Å². The molecule has 4 aromatic rings. The summed E-state index contributed by atoms with van der Waals surface area (Å²) in [5.41, 5.74) is 3.61. The SMILES string of the molecule is CCOc1ccc2[nH]c(=O)c(-c3nc4cccc(C)n4c3NCC3CCCO3)cc2c1. The first-order valence-corrected chi connectivity index (χ1v) is 10.8. The van der Waals surface area contributed by atoms with Crippen molar-refractivity contribution in [3.8, 4) is 17.0 Å². The molecule has 0 radical (unpaired) electrons. The summed E-state index contributed by atoms with van der Waals surface area (Å²) in [7, 11) is 0. The van der Waals surface area contributed by atoms with Crippen molar-refractivity contribution in [1.29, 1.82) is 0 Å². The van der Waals surface area contributed by atoms with Gasteiger partial charge in [0.05, 0.1) is 18.3 Å². The van der Waals surface area contributed by atoms with E-state index in [9.17, 15) is 4.79 Å². The van der Waals surface area contributed by atoms with Crippen LogP contribution < -0.4 is 15.6 Å². The first-order valence-electron chi connectivity index (χ1n) is 10.8. The van der Waals surface area contributed by atoms with Gasteiger partial charge in [-0.25, -0.2) is 4.98 Å². The highest BCUT2D eigenvalue weighted by Crippen LogP contribution is 2.30. The smallest absolute Gasteiger partial charge is 0.258 e. The molecule has 0 aliphatic carbocycles. The number of nitrogens with zero attached hydrogens (tertiary/aromatic N) is 2. The second-order valence-electron chi connectivity index (χ2n) is 7.88. The molecule has 4 heterocycles. The normalized spacial score (nSPS) is 16.3. The van der Waals surface area contributed by atoms with Crippen LogP contribution in [-0.4, -0.2) is 40.2 Å². The maximum Gasteiger partial charge on any atom is 0.258 e. The highest BCUT2D eigenvalue weighted by atomic mass is 16.5. The van der Waals surface area contributed by atoms with Crippen molar-refractivity contribution >= 4 is 22.4 Å². The van der Waals surface area contributed by atoms with Gasteiger partial charge in [-0.1, -0.05) is 6.07 Å². The predicted molar refractivity (Wildman–Crippen MR) is 122 cm³/mol. The molecule has 0 spiro atoms. The van der Waals surface area contributed by atoms with Crippen LogP contribution in [0.1, 0.15) is 25.5 Å². The number of ether oxygens (including phenoxy) is 2. The molecule has 7 nitrogen and oxygen atoms in total. The summed E-state index contributed by atoms with van der Waals surface area (Å²) >= 11 is 0. The molecule has 5 rings (SSSR count). The van der Waals surface area contributed by atoms with Crippen LogP contribution >= 0.6 is 0 Å². The van der Waals surface area contributed by atoms with Gasteiger partial charge in [-0.15, -0.1) is 0 Å². The highest BCUT2D eigenvalue weighted by Gasteiger charge is 2.21. The van der Waals surface area contributed by atoms with Crippen LogP contribution in [0.3, 0.4) is 0 Å². The number of aromatic amines is 1. The third-order valence-electron chi connectivity index (χ3n) is 5.74. The number of nitrogens with one attached hydrogen (secondary N) is 2. The molecule has 160 valence electrons. The first kappa shape index (κ1) is 19.6. The molecule has 1 aliphatic rings. The summed E-state index contributed by atoms with van der Waals surface area (Å²) in [5.74, 6) is 1.59. The molecule has 0 amide bonds. The molecule has 0 bridgehead atoms. The summed E-state index contributed by atoms with van der Waals surface area (Å²) in [6.45, 7) is 6.06. The van der Waals surface area contributed by atoms with Crippen LogP contribution in [-0.2, 0) is 4.74 Å². The summed E-state index contributed by atoms with van der Waals surface area (Å²) in [6.07, 6.45) is 2.29. The van der Waals surface area contributed by atoms with Gasteiger partial charge in [0.1, 0.15) is 22.9 Å². The van der Waals surface area contributed by atoms with E-state index >= 15 is 0 Å². The standard InChI is InChI=1S/C24H26N4O3/c1-3-30-17-9-10-20-16(12-17)13-19(24(29)26-20)22-23(25-14-18-7-5-11-31-18)28-15(2)6-4-8-21(28)27-22/h4,6,8-10,12-13,18,25H,3,5,7,11,14H2,1-2H3,(H,26,29). The Kier molecular flexibility index (Phi) is 5.11. The van der Waals surface area contributed by atoms with Crippen LogP contribution in [0, 0.1) is 6.92 Å². The van der Waals surface area contributed by atoms with Crippen LogP contribution in [0.15, 0.2) is 47.3 Å². The lowest BCUT2D eigenvalue weighted by Gasteiger charge is -2.14. The number of rotatable bonds is 6. The molecule has 7 heteroatoms. The van der Waals surface area contributed by atoms with Crippen molar-refractivity contribution < 1.29 is 9.47 Å². The Hall–Kier alpha value is -3.32. The lowest BCUT2D eigenvalue weighted by atomic mass is 10.1. The van der Waals surface area contributed by atoms with Gasteiger partial charge in [0.2, 0.25) is 0 Å². The van der Waals surface area contributed by atoms with E-state index < -0.39 is 0 Å². The number of imidazole rings is 1. The number of anilines is 1. The quantitative estimate of drug-likeness (QED) is 0.492. The van der Waals surface area contributed by atoms with Crippen LogP contribution in [0.2, 0.25) is 0 Å². The fraction of sp³-hybridized carbons (Fsp3) is 0.333. The molecule has 2 N–H and O–H groups in total. The average Bonchev–Trinajstić information content (AvgIpc) is 3.40. The van der Waals surface area contributed by atoms with Crippen molar-refractivity contribution in [2.75, 3.05) is 25.1 Å². The van der Waals surface area contributed by atoms with E-state index in [1.54, 1.807) is 0 Å². The Balaban J connectivity index is 1.65. The molecule has 0 saturated carbocycles. The average molecular weight is 418 g/mol. The molecular weight excluding hydrogens is 392 g/mol. The number of pyridine rings is 2. The van der Waals surface area contributed by atoms with Crippen molar-refractivity contribution in [2.24, 2.45) is 0 Å². The van der Waals surface area contributed by atoms with Gasteiger partial charge in [-0.2, -0.15) is 0 Å². The number of fused-ring (bicyclic) bond motifs is 2. The lowest BCUT2D eigenvalue weighted by Crippen LogP contribution is -2.20. The van der Waals surface area contributed by atoms with Crippen LogP contribution in [0.5, 0.6) is 5.75 Å². The minimum absolute atomic E-state index is 0.169. The number of hydrogen-bond acceptors (Lipinski definition) is 5. The predicted octanol–water partition coefficient (Wildman–Crippen LogP) is 4.14. The van der Waals surface area contributed by atoms with Gasteiger partial charge in [0.25, 0.3) is 5.56 Å². The molecule has 1 saturated heterocycles. The van der Waals surface area contributed by atoms with E-state index in [0.717, 1.165) is 53.3 Å². The Morgan fingerprint density at radius 3 is 3.00 bits per heavy atom. The topological polar surface area (TPSA) is 80.7 Å². The third kappa shape index (κ3) is 3.65. The summed E-state index contributed by atoms with van der Waals surface area (Å²) in [4.78, 5) is 20.9. The monoisotopic (exact) mass is 418 g/mol. The number of hydrogen-bond donors (Lipinski definition) is 2. The fourth-order valence-corrected chi connectivity index (χ4v) is 4.24. The zero-order valence-corrected chi connectivity index (χ0v) is 17.8. The summed E-state index contributed by atoms with van der Waals surface area (Å²) in [6, 6.07) is 13.5. The second kappa shape index (κ2) is 8.07. The molecule has 1 fully saturated rings. The van der Waals surface area contributed by atoms with Crippen LogP contribution in [0.25, 0.3) is 27.8 Å². The van der Waals surface area contributed by atoms with E-state index in [-0.39, 0.29) is 11.7 Å². The molecule has 1 aromatic carbocycles. The van der Waals surface area contributed by atoms with Crippen molar-refractivity contribution in [3.63, 3.8) is 0 Å². The first-order chi connectivity index (χ1) is 15.1. The molecule has 1 aliphatic heterocycles. The molecule has 1 unspecified atom stereocenters. The summed E-state index contributed by atoms with van der Waals surface area (Å²) in [5, 5.41) is 4.42.